The summed E-state index contributed by atoms with van der Waals surface area (Å²) in [4.78, 5) is 40.8. The van der Waals surface area contributed by atoms with Gasteiger partial charge in [-0.05, 0) is 18.4 Å². The normalized spacial score (nSPS) is 27.2. The van der Waals surface area contributed by atoms with Crippen LogP contribution >= 0.6 is 0 Å². The molecule has 3 aliphatic rings. The van der Waals surface area contributed by atoms with Crippen molar-refractivity contribution in [3.05, 3.63) is 34.2 Å². The van der Waals surface area contributed by atoms with Gasteiger partial charge in [-0.1, -0.05) is 6.07 Å². The van der Waals surface area contributed by atoms with E-state index in [4.69, 9.17) is 4.74 Å². The lowest BCUT2D eigenvalue weighted by molar-refractivity contribution is -0.137. The molecule has 1 N–H and O–H groups in total. The number of likely N-dealkylation sites (tertiary alicyclic amines) is 1. The number of rotatable bonds is 4. The Morgan fingerprint density at radius 1 is 1.21 bits per heavy atom. The number of carbonyl (C=O) groups is 2. The molecule has 1 aromatic heterocycles. The Balaban J connectivity index is 1.53. The van der Waals surface area contributed by atoms with Crippen molar-refractivity contribution in [2.45, 2.75) is 25.3 Å². The Morgan fingerprint density at radius 3 is 2.75 bits per heavy atom. The molecule has 28 heavy (non-hydrogen) atoms. The van der Waals surface area contributed by atoms with Gasteiger partial charge in [-0.3, -0.25) is 19.3 Å². The van der Waals surface area contributed by atoms with Gasteiger partial charge in [-0.2, -0.15) is 0 Å². The second-order valence-electron chi connectivity index (χ2n) is 8.04. The number of morpholine rings is 1. The summed E-state index contributed by atoms with van der Waals surface area (Å²) < 4.78 is 7.21. The number of pyridine rings is 1. The summed E-state index contributed by atoms with van der Waals surface area (Å²) >= 11 is 0. The molecule has 3 aliphatic heterocycles. The summed E-state index contributed by atoms with van der Waals surface area (Å²) in [7, 11) is 0. The molecular formula is C20H28N4O4. The third kappa shape index (κ3) is 3.84. The maximum Gasteiger partial charge on any atom is 0.251 e. The second-order valence-corrected chi connectivity index (χ2v) is 8.04. The zero-order valence-corrected chi connectivity index (χ0v) is 16.3. The second kappa shape index (κ2) is 8.05. The average molecular weight is 388 g/mol. The van der Waals surface area contributed by atoms with Crippen LogP contribution in [-0.2, 0) is 14.3 Å². The van der Waals surface area contributed by atoms with Crippen LogP contribution in [0.1, 0.15) is 31.0 Å². The molecule has 1 aromatic rings. The first kappa shape index (κ1) is 19.1. The molecule has 0 saturated carbocycles. The van der Waals surface area contributed by atoms with Gasteiger partial charge >= 0.3 is 0 Å². The van der Waals surface area contributed by atoms with Crippen molar-refractivity contribution in [3.8, 4) is 0 Å². The largest absolute Gasteiger partial charge is 0.378 e. The number of hydrogen-bond acceptors (Lipinski definition) is 5. The fourth-order valence-corrected chi connectivity index (χ4v) is 4.88. The summed E-state index contributed by atoms with van der Waals surface area (Å²) in [5, 5.41) is 2.89. The van der Waals surface area contributed by atoms with Crippen molar-refractivity contribution >= 4 is 11.8 Å². The molecule has 2 bridgehead atoms. The molecule has 2 amide bonds. The molecule has 0 radical (unpaired) electrons. The number of fused-ring (bicyclic) bond motifs is 4. The first-order chi connectivity index (χ1) is 13.5. The minimum absolute atomic E-state index is 0.0135. The topological polar surface area (TPSA) is 83.9 Å². The van der Waals surface area contributed by atoms with Gasteiger partial charge in [-0.25, -0.2) is 0 Å². The van der Waals surface area contributed by atoms with Gasteiger partial charge in [-0.15, -0.1) is 0 Å². The molecule has 4 heterocycles. The van der Waals surface area contributed by atoms with E-state index in [2.05, 4.69) is 10.2 Å². The highest BCUT2D eigenvalue weighted by atomic mass is 16.5. The average Bonchev–Trinajstić information content (AvgIpc) is 2.69. The minimum atomic E-state index is -0.0946. The van der Waals surface area contributed by atoms with Crippen LogP contribution in [-0.4, -0.2) is 78.7 Å². The number of carbonyl (C=O) groups excluding carboxylic acids is 2. The lowest BCUT2D eigenvalue weighted by Crippen LogP contribution is -2.54. The van der Waals surface area contributed by atoms with Crippen LogP contribution in [0.3, 0.4) is 0 Å². The molecule has 152 valence electrons. The van der Waals surface area contributed by atoms with E-state index in [0.29, 0.717) is 39.4 Å². The quantitative estimate of drug-likeness (QED) is 0.773. The smallest absolute Gasteiger partial charge is 0.251 e. The molecule has 8 nitrogen and oxygen atoms in total. The summed E-state index contributed by atoms with van der Waals surface area (Å²) in [6.07, 6.45) is 0.982. The van der Waals surface area contributed by atoms with E-state index in [9.17, 15) is 14.4 Å². The van der Waals surface area contributed by atoms with Crippen LogP contribution in [0.25, 0.3) is 0 Å². The number of amides is 2. The number of nitrogens with one attached hydrogen (secondary N) is 1. The van der Waals surface area contributed by atoms with E-state index in [0.717, 1.165) is 25.2 Å². The van der Waals surface area contributed by atoms with Crippen molar-refractivity contribution in [1.29, 1.82) is 0 Å². The van der Waals surface area contributed by atoms with Crippen molar-refractivity contribution in [2.75, 3.05) is 52.5 Å². The molecule has 0 spiro atoms. The van der Waals surface area contributed by atoms with Gasteiger partial charge in [0.2, 0.25) is 11.8 Å². The number of nitrogens with zero attached hydrogens (tertiary/aromatic N) is 3. The number of ether oxygens (including phenoxy) is 1. The van der Waals surface area contributed by atoms with E-state index in [1.165, 1.54) is 6.92 Å². The first-order valence-corrected chi connectivity index (χ1v) is 10.1. The van der Waals surface area contributed by atoms with Crippen LogP contribution in [0.15, 0.2) is 23.0 Å². The van der Waals surface area contributed by atoms with E-state index >= 15 is 0 Å². The Labute approximate surface area is 164 Å². The number of hydrogen-bond donors (Lipinski definition) is 1. The van der Waals surface area contributed by atoms with Crippen LogP contribution in [0, 0.1) is 5.92 Å². The minimum Gasteiger partial charge on any atom is -0.378 e. The lowest BCUT2D eigenvalue weighted by Gasteiger charge is -2.47. The van der Waals surface area contributed by atoms with Crippen molar-refractivity contribution < 1.29 is 14.3 Å². The molecule has 3 atom stereocenters. The molecule has 0 unspecified atom stereocenters. The Bertz CT molecular complexity index is 802. The highest BCUT2D eigenvalue weighted by Crippen LogP contribution is 2.40. The maximum absolute atomic E-state index is 12.7. The molecular weight excluding hydrogens is 360 g/mol. The first-order valence-electron chi connectivity index (χ1n) is 10.1. The van der Waals surface area contributed by atoms with E-state index in [-0.39, 0.29) is 35.3 Å². The monoisotopic (exact) mass is 388 g/mol. The molecule has 2 saturated heterocycles. The van der Waals surface area contributed by atoms with Gasteiger partial charge in [0.05, 0.1) is 25.8 Å². The Hall–Kier alpha value is -2.19. The number of aromatic nitrogens is 1. The maximum atomic E-state index is 12.7. The van der Waals surface area contributed by atoms with Crippen LogP contribution in [0.5, 0.6) is 0 Å². The Kier molecular flexibility index (Phi) is 5.50. The van der Waals surface area contributed by atoms with E-state index in [1.807, 2.05) is 21.6 Å². The van der Waals surface area contributed by atoms with E-state index < -0.39 is 0 Å². The van der Waals surface area contributed by atoms with Gasteiger partial charge in [0.15, 0.2) is 0 Å². The summed E-state index contributed by atoms with van der Waals surface area (Å²) in [5.74, 6) is 0.518. The van der Waals surface area contributed by atoms with Crippen LogP contribution in [0.2, 0.25) is 0 Å². The predicted molar refractivity (Wildman–Crippen MR) is 103 cm³/mol. The fraction of sp³-hybridized carbons (Fsp3) is 0.650. The highest BCUT2D eigenvalue weighted by Gasteiger charge is 2.41. The standard InChI is InChI=1S/C20H28N4O4/c1-14(25)21-10-18-16-9-15(17-3-2-4-19(26)24(17)18)11-22(12-16)13-20(27)23-5-7-28-8-6-23/h2-4,15-16,18H,5-13H2,1H3,(H,21,25)/t15-,16+,18+/m1/s1. The molecule has 4 rings (SSSR count). The zero-order valence-electron chi connectivity index (χ0n) is 16.3. The van der Waals surface area contributed by atoms with Gasteiger partial charge in [0, 0.05) is 57.3 Å². The van der Waals surface area contributed by atoms with Crippen LogP contribution < -0.4 is 10.9 Å². The van der Waals surface area contributed by atoms with Crippen molar-refractivity contribution in [2.24, 2.45) is 5.92 Å². The SMILES string of the molecule is CC(=O)NC[C@H]1[C@H]2C[C@H](CN(CC(=O)N3CCOCC3)C2)c2cccc(=O)n21. The van der Waals surface area contributed by atoms with Crippen molar-refractivity contribution in [3.63, 3.8) is 0 Å². The van der Waals surface area contributed by atoms with Crippen LogP contribution in [0.4, 0.5) is 0 Å². The van der Waals surface area contributed by atoms with E-state index in [1.54, 1.807) is 6.07 Å². The van der Waals surface area contributed by atoms with Gasteiger partial charge < -0.3 is 19.5 Å². The zero-order chi connectivity index (χ0) is 19.7. The number of piperidine rings is 1. The Morgan fingerprint density at radius 2 is 2.00 bits per heavy atom. The predicted octanol–water partition coefficient (Wildman–Crippen LogP) is -0.197. The molecule has 8 heteroatoms. The highest BCUT2D eigenvalue weighted by molar-refractivity contribution is 5.78. The summed E-state index contributed by atoms with van der Waals surface area (Å²) in [5.41, 5.74) is 1.00. The van der Waals surface area contributed by atoms with Gasteiger partial charge in [0.1, 0.15) is 0 Å². The molecule has 0 aromatic carbocycles. The molecule has 0 aliphatic carbocycles. The third-order valence-electron chi connectivity index (χ3n) is 6.16. The van der Waals surface area contributed by atoms with Gasteiger partial charge in [0.25, 0.3) is 5.56 Å². The van der Waals surface area contributed by atoms with Crippen molar-refractivity contribution in [1.82, 2.24) is 19.7 Å². The lowest BCUT2D eigenvalue weighted by atomic mass is 9.78. The molecule has 2 fully saturated rings. The summed E-state index contributed by atoms with van der Waals surface area (Å²) in [6, 6.07) is 5.33. The third-order valence-corrected chi connectivity index (χ3v) is 6.16. The summed E-state index contributed by atoms with van der Waals surface area (Å²) in [6.45, 7) is 6.39. The fourth-order valence-electron chi connectivity index (χ4n) is 4.88.